The molecule has 0 radical (unpaired) electrons. The van der Waals surface area contributed by atoms with Crippen LogP contribution in [0.15, 0.2) is 0 Å². The number of carboxylic acid groups (broad SMARTS) is 1. The van der Waals surface area contributed by atoms with Crippen LogP contribution in [0.5, 0.6) is 0 Å². The number of likely N-dealkylation sites (tertiary alicyclic amines) is 1. The molecule has 0 aliphatic carbocycles. The highest BCUT2D eigenvalue weighted by molar-refractivity contribution is 5.77. The van der Waals surface area contributed by atoms with Crippen molar-refractivity contribution in [2.75, 3.05) is 19.7 Å². The highest BCUT2D eigenvalue weighted by Crippen LogP contribution is 2.21. The Labute approximate surface area is 125 Å². The zero-order valence-electron chi connectivity index (χ0n) is 12.9. The summed E-state index contributed by atoms with van der Waals surface area (Å²) in [6.45, 7) is 5.87. The number of nitrogens with one attached hydrogen (secondary N) is 1. The lowest BCUT2D eigenvalue weighted by Gasteiger charge is -2.32. The second kappa shape index (κ2) is 7.11. The maximum absolute atomic E-state index is 12.2. The van der Waals surface area contributed by atoms with Crippen molar-refractivity contribution in [1.29, 1.82) is 0 Å². The summed E-state index contributed by atoms with van der Waals surface area (Å²) in [6.07, 6.45) is 3.45. The van der Waals surface area contributed by atoms with Gasteiger partial charge in [-0.15, -0.1) is 0 Å². The van der Waals surface area contributed by atoms with E-state index in [0.29, 0.717) is 32.0 Å². The molecule has 2 fully saturated rings. The van der Waals surface area contributed by atoms with Crippen LogP contribution < -0.4 is 5.32 Å². The second-order valence-electron chi connectivity index (χ2n) is 6.56. The van der Waals surface area contributed by atoms with Crippen LogP contribution in [-0.4, -0.2) is 53.8 Å². The first-order chi connectivity index (χ1) is 9.95. The lowest BCUT2D eigenvalue weighted by molar-refractivity contribution is -0.141. The third-order valence-corrected chi connectivity index (χ3v) is 4.25. The van der Waals surface area contributed by atoms with Crippen molar-refractivity contribution < 1.29 is 19.4 Å². The number of hydrogen-bond acceptors (Lipinski definition) is 3. The van der Waals surface area contributed by atoms with Crippen molar-refractivity contribution >= 4 is 12.0 Å². The van der Waals surface area contributed by atoms with Gasteiger partial charge in [-0.05, 0) is 31.6 Å². The molecule has 2 aliphatic heterocycles. The molecule has 2 amide bonds. The van der Waals surface area contributed by atoms with Crippen LogP contribution in [0.3, 0.4) is 0 Å². The molecule has 0 saturated carbocycles. The first-order valence-corrected chi connectivity index (χ1v) is 7.85. The first-order valence-electron chi connectivity index (χ1n) is 7.85. The molecule has 0 aromatic rings. The van der Waals surface area contributed by atoms with Gasteiger partial charge >= 0.3 is 12.0 Å². The van der Waals surface area contributed by atoms with Crippen molar-refractivity contribution in [3.05, 3.63) is 0 Å². The van der Waals surface area contributed by atoms with E-state index in [4.69, 9.17) is 9.84 Å². The van der Waals surface area contributed by atoms with Gasteiger partial charge in [-0.2, -0.15) is 0 Å². The van der Waals surface area contributed by atoms with E-state index in [2.05, 4.69) is 19.2 Å². The zero-order chi connectivity index (χ0) is 15.4. The summed E-state index contributed by atoms with van der Waals surface area (Å²) >= 11 is 0. The van der Waals surface area contributed by atoms with Crippen molar-refractivity contribution in [2.45, 2.75) is 51.7 Å². The standard InChI is InChI=1S/C15H26N2O4/c1-10(2)7-13-8-12(4-6-21-13)16-15(20)17-5-3-11(9-17)14(18)19/h10-13H,3-9H2,1-2H3,(H,16,20)(H,18,19). The van der Waals surface area contributed by atoms with Crippen LogP contribution in [0.4, 0.5) is 4.79 Å². The van der Waals surface area contributed by atoms with Crippen LogP contribution >= 0.6 is 0 Å². The van der Waals surface area contributed by atoms with Crippen LogP contribution in [0.25, 0.3) is 0 Å². The molecular formula is C15H26N2O4. The normalized spacial score (nSPS) is 29.7. The minimum atomic E-state index is -0.812. The fraction of sp³-hybridized carbons (Fsp3) is 0.867. The molecule has 2 aliphatic rings. The summed E-state index contributed by atoms with van der Waals surface area (Å²) < 4.78 is 5.73. The van der Waals surface area contributed by atoms with Crippen molar-refractivity contribution in [3.63, 3.8) is 0 Å². The Morgan fingerprint density at radius 2 is 2.14 bits per heavy atom. The molecule has 21 heavy (non-hydrogen) atoms. The number of carbonyl (C=O) groups is 2. The Balaban J connectivity index is 1.78. The number of hydrogen-bond donors (Lipinski definition) is 2. The fourth-order valence-electron chi connectivity index (χ4n) is 3.11. The van der Waals surface area contributed by atoms with Crippen molar-refractivity contribution in [3.8, 4) is 0 Å². The highest BCUT2D eigenvalue weighted by Gasteiger charge is 2.32. The molecule has 2 rings (SSSR count). The summed E-state index contributed by atoms with van der Waals surface area (Å²) in [5.74, 6) is -0.646. The molecule has 6 heteroatoms. The molecule has 2 heterocycles. The van der Waals surface area contributed by atoms with E-state index >= 15 is 0 Å². The molecule has 0 aromatic carbocycles. The fourth-order valence-corrected chi connectivity index (χ4v) is 3.11. The second-order valence-corrected chi connectivity index (χ2v) is 6.56. The van der Waals surface area contributed by atoms with E-state index in [1.807, 2.05) is 0 Å². The maximum atomic E-state index is 12.2. The van der Waals surface area contributed by atoms with Gasteiger partial charge in [0, 0.05) is 25.7 Å². The van der Waals surface area contributed by atoms with Crippen molar-refractivity contribution in [1.82, 2.24) is 10.2 Å². The number of amides is 2. The number of urea groups is 1. The van der Waals surface area contributed by atoms with Gasteiger partial charge in [0.1, 0.15) is 0 Å². The van der Waals surface area contributed by atoms with E-state index in [0.717, 1.165) is 19.3 Å². The number of nitrogens with zero attached hydrogens (tertiary/aromatic N) is 1. The Morgan fingerprint density at radius 3 is 2.76 bits per heavy atom. The van der Waals surface area contributed by atoms with E-state index < -0.39 is 11.9 Å². The third-order valence-electron chi connectivity index (χ3n) is 4.25. The van der Waals surface area contributed by atoms with Gasteiger partial charge in [-0.1, -0.05) is 13.8 Å². The average Bonchev–Trinajstić information content (AvgIpc) is 2.88. The van der Waals surface area contributed by atoms with E-state index in [1.165, 1.54) is 0 Å². The number of carbonyl (C=O) groups excluding carboxylic acids is 1. The smallest absolute Gasteiger partial charge is 0.317 e. The molecule has 3 unspecified atom stereocenters. The summed E-state index contributed by atoms with van der Waals surface area (Å²) in [7, 11) is 0. The average molecular weight is 298 g/mol. The number of carboxylic acids is 1. The third kappa shape index (κ3) is 4.59. The quantitative estimate of drug-likeness (QED) is 0.828. The van der Waals surface area contributed by atoms with Crippen LogP contribution in [-0.2, 0) is 9.53 Å². The molecule has 3 atom stereocenters. The summed E-state index contributed by atoms with van der Waals surface area (Å²) in [5, 5.41) is 12.0. The minimum Gasteiger partial charge on any atom is -0.481 e. The van der Waals surface area contributed by atoms with Crippen LogP contribution in [0.2, 0.25) is 0 Å². The van der Waals surface area contributed by atoms with E-state index in [-0.39, 0.29) is 18.2 Å². The van der Waals surface area contributed by atoms with Crippen molar-refractivity contribution in [2.24, 2.45) is 11.8 Å². The summed E-state index contributed by atoms with van der Waals surface area (Å²) in [6, 6.07) is 0.00725. The van der Waals surface area contributed by atoms with E-state index in [9.17, 15) is 9.59 Å². The van der Waals surface area contributed by atoms with Gasteiger partial charge in [0.25, 0.3) is 0 Å². The topological polar surface area (TPSA) is 78.9 Å². The molecule has 6 nitrogen and oxygen atoms in total. The lowest BCUT2D eigenvalue weighted by atomic mass is 9.96. The molecule has 2 saturated heterocycles. The predicted octanol–water partition coefficient (Wildman–Crippen LogP) is 1.70. The van der Waals surface area contributed by atoms with Gasteiger partial charge in [0.15, 0.2) is 0 Å². The highest BCUT2D eigenvalue weighted by atomic mass is 16.5. The SMILES string of the molecule is CC(C)CC1CC(NC(=O)N2CCC(C(=O)O)C2)CCO1. The van der Waals surface area contributed by atoms with Gasteiger partial charge in [-0.3, -0.25) is 4.79 Å². The number of ether oxygens (including phenoxy) is 1. The van der Waals surface area contributed by atoms with Gasteiger partial charge < -0.3 is 20.1 Å². The Kier molecular flexibility index (Phi) is 5.45. The Bertz CT molecular complexity index is 386. The molecule has 120 valence electrons. The zero-order valence-corrected chi connectivity index (χ0v) is 12.9. The molecule has 0 aromatic heterocycles. The Morgan fingerprint density at radius 1 is 1.38 bits per heavy atom. The largest absolute Gasteiger partial charge is 0.481 e. The first kappa shape index (κ1) is 16.1. The molecule has 0 bridgehead atoms. The molecular weight excluding hydrogens is 272 g/mol. The monoisotopic (exact) mass is 298 g/mol. The summed E-state index contributed by atoms with van der Waals surface area (Å²) in [5.41, 5.74) is 0. The molecule has 2 N–H and O–H groups in total. The van der Waals surface area contributed by atoms with E-state index in [1.54, 1.807) is 4.90 Å². The predicted molar refractivity (Wildman–Crippen MR) is 78.1 cm³/mol. The maximum Gasteiger partial charge on any atom is 0.317 e. The van der Waals surface area contributed by atoms with Gasteiger partial charge in [0.05, 0.1) is 12.0 Å². The lowest BCUT2D eigenvalue weighted by Crippen LogP contribution is -2.47. The number of rotatable bonds is 4. The molecule has 0 spiro atoms. The van der Waals surface area contributed by atoms with Gasteiger partial charge in [-0.25, -0.2) is 4.79 Å². The van der Waals surface area contributed by atoms with Crippen LogP contribution in [0, 0.1) is 11.8 Å². The van der Waals surface area contributed by atoms with Crippen LogP contribution in [0.1, 0.15) is 39.5 Å². The summed E-state index contributed by atoms with van der Waals surface area (Å²) in [4.78, 5) is 24.7. The number of aliphatic carboxylic acids is 1. The Hall–Kier alpha value is -1.30. The van der Waals surface area contributed by atoms with Gasteiger partial charge in [0.2, 0.25) is 0 Å². The minimum absolute atomic E-state index is 0.131.